The summed E-state index contributed by atoms with van der Waals surface area (Å²) in [5.74, 6) is -0.436. The van der Waals surface area contributed by atoms with E-state index in [4.69, 9.17) is 0 Å². The van der Waals surface area contributed by atoms with Crippen LogP contribution in [0.1, 0.15) is 33.0 Å². The van der Waals surface area contributed by atoms with E-state index in [1.165, 1.54) is 0 Å². The number of rotatable bonds is 4. The minimum atomic E-state index is -0.241. The SMILES string of the molecule is Cc1nn(C(=O)CCNC(=O)c2ccccc2)nc1C. The van der Waals surface area contributed by atoms with Crippen molar-refractivity contribution in [1.29, 1.82) is 0 Å². The van der Waals surface area contributed by atoms with Crippen molar-refractivity contribution in [3.63, 3.8) is 0 Å². The standard InChI is InChI=1S/C14H16N4O2/c1-10-11(2)17-18(16-10)13(19)8-9-15-14(20)12-6-4-3-5-7-12/h3-7H,8-9H2,1-2H3,(H,15,20). The monoisotopic (exact) mass is 272 g/mol. The van der Waals surface area contributed by atoms with Crippen molar-refractivity contribution in [2.45, 2.75) is 20.3 Å². The first kappa shape index (κ1) is 13.9. The molecule has 6 heteroatoms. The predicted octanol–water partition coefficient (Wildman–Crippen LogP) is 1.36. The first-order chi connectivity index (χ1) is 9.58. The summed E-state index contributed by atoms with van der Waals surface area (Å²) in [5.41, 5.74) is 2.03. The Kier molecular flexibility index (Phi) is 4.24. The molecule has 1 aromatic carbocycles. The van der Waals surface area contributed by atoms with Gasteiger partial charge in [-0.3, -0.25) is 9.59 Å². The summed E-state index contributed by atoms with van der Waals surface area (Å²) in [4.78, 5) is 24.7. The second kappa shape index (κ2) is 6.10. The van der Waals surface area contributed by atoms with Crippen LogP contribution >= 0.6 is 0 Å². The number of hydrogen-bond acceptors (Lipinski definition) is 4. The number of nitrogens with one attached hydrogen (secondary N) is 1. The Morgan fingerprint density at radius 1 is 1.10 bits per heavy atom. The molecule has 0 radical (unpaired) electrons. The number of nitrogens with zero attached hydrogens (tertiary/aromatic N) is 3. The first-order valence-electron chi connectivity index (χ1n) is 6.35. The van der Waals surface area contributed by atoms with Crippen molar-refractivity contribution in [2.24, 2.45) is 0 Å². The molecule has 0 aliphatic heterocycles. The van der Waals surface area contributed by atoms with Gasteiger partial charge in [-0.1, -0.05) is 18.2 Å². The van der Waals surface area contributed by atoms with Gasteiger partial charge in [-0.05, 0) is 26.0 Å². The lowest BCUT2D eigenvalue weighted by molar-refractivity contribution is 0.0861. The Balaban J connectivity index is 1.84. The number of aromatic nitrogens is 3. The van der Waals surface area contributed by atoms with E-state index in [1.807, 2.05) is 6.07 Å². The molecule has 20 heavy (non-hydrogen) atoms. The van der Waals surface area contributed by atoms with Gasteiger partial charge in [0.05, 0.1) is 11.4 Å². The normalized spacial score (nSPS) is 10.3. The largest absolute Gasteiger partial charge is 0.352 e. The highest BCUT2D eigenvalue weighted by Gasteiger charge is 2.11. The van der Waals surface area contributed by atoms with Crippen LogP contribution in [-0.4, -0.2) is 33.4 Å². The van der Waals surface area contributed by atoms with Crippen molar-refractivity contribution >= 4 is 11.8 Å². The molecule has 1 aromatic heterocycles. The van der Waals surface area contributed by atoms with Crippen molar-refractivity contribution in [2.75, 3.05) is 6.54 Å². The molecule has 0 aliphatic rings. The minimum absolute atomic E-state index is 0.159. The van der Waals surface area contributed by atoms with Crippen molar-refractivity contribution < 1.29 is 9.59 Å². The Labute approximate surface area is 116 Å². The number of benzene rings is 1. The van der Waals surface area contributed by atoms with Gasteiger partial charge in [-0.25, -0.2) is 0 Å². The molecule has 2 aromatic rings. The summed E-state index contributed by atoms with van der Waals surface area (Å²) in [7, 11) is 0. The zero-order valence-electron chi connectivity index (χ0n) is 11.5. The van der Waals surface area contributed by atoms with Crippen molar-refractivity contribution in [3.05, 3.63) is 47.3 Å². The van der Waals surface area contributed by atoms with Gasteiger partial charge in [0.1, 0.15) is 0 Å². The summed E-state index contributed by atoms with van der Waals surface area (Å²) in [5, 5.41) is 10.7. The number of amides is 1. The molecule has 0 aliphatic carbocycles. The summed E-state index contributed by atoms with van der Waals surface area (Å²) < 4.78 is 0. The Morgan fingerprint density at radius 3 is 2.30 bits per heavy atom. The summed E-state index contributed by atoms with van der Waals surface area (Å²) in [6.45, 7) is 3.85. The molecular formula is C14H16N4O2. The molecule has 0 bridgehead atoms. The Bertz CT molecular complexity index is 600. The molecule has 0 fully saturated rings. The fourth-order valence-corrected chi connectivity index (χ4v) is 1.64. The lowest BCUT2D eigenvalue weighted by atomic mass is 10.2. The van der Waals surface area contributed by atoms with Gasteiger partial charge in [-0.15, -0.1) is 4.80 Å². The van der Waals surface area contributed by atoms with E-state index in [9.17, 15) is 9.59 Å². The number of carbonyl (C=O) groups is 2. The van der Waals surface area contributed by atoms with Gasteiger partial charge >= 0.3 is 0 Å². The van der Waals surface area contributed by atoms with Crippen molar-refractivity contribution in [1.82, 2.24) is 20.3 Å². The average Bonchev–Trinajstić information content (AvgIpc) is 2.79. The summed E-state index contributed by atoms with van der Waals surface area (Å²) in [6.07, 6.45) is 0.159. The van der Waals surface area contributed by atoms with E-state index in [-0.39, 0.29) is 24.8 Å². The predicted molar refractivity (Wildman–Crippen MR) is 73.5 cm³/mol. The van der Waals surface area contributed by atoms with E-state index in [2.05, 4.69) is 15.5 Å². The van der Waals surface area contributed by atoms with E-state index in [0.717, 1.165) is 16.2 Å². The second-order valence-electron chi connectivity index (χ2n) is 4.43. The quantitative estimate of drug-likeness (QED) is 0.911. The molecule has 0 unspecified atom stereocenters. The van der Waals surface area contributed by atoms with Gasteiger partial charge < -0.3 is 5.32 Å². The molecule has 6 nitrogen and oxygen atoms in total. The lowest BCUT2D eigenvalue weighted by Crippen LogP contribution is -2.28. The van der Waals surface area contributed by atoms with Gasteiger partial charge in [0.2, 0.25) is 0 Å². The third-order valence-corrected chi connectivity index (χ3v) is 2.90. The maximum atomic E-state index is 11.8. The van der Waals surface area contributed by atoms with Crippen LogP contribution in [0.15, 0.2) is 30.3 Å². The third-order valence-electron chi connectivity index (χ3n) is 2.90. The highest BCUT2D eigenvalue weighted by molar-refractivity contribution is 5.94. The van der Waals surface area contributed by atoms with Crippen LogP contribution in [0, 0.1) is 13.8 Å². The molecule has 1 N–H and O–H groups in total. The fourth-order valence-electron chi connectivity index (χ4n) is 1.64. The molecule has 1 heterocycles. The minimum Gasteiger partial charge on any atom is -0.352 e. The zero-order valence-corrected chi connectivity index (χ0v) is 11.5. The van der Waals surface area contributed by atoms with Crippen LogP contribution in [0.5, 0.6) is 0 Å². The fraction of sp³-hybridized carbons (Fsp3) is 0.286. The van der Waals surface area contributed by atoms with Crippen LogP contribution in [0.25, 0.3) is 0 Å². The van der Waals surface area contributed by atoms with Crippen LogP contribution in [0.3, 0.4) is 0 Å². The number of carbonyl (C=O) groups excluding carboxylic acids is 2. The van der Waals surface area contributed by atoms with Gasteiger partial charge in [0.25, 0.3) is 11.8 Å². The maximum Gasteiger partial charge on any atom is 0.266 e. The first-order valence-corrected chi connectivity index (χ1v) is 6.35. The van der Waals surface area contributed by atoms with Crippen molar-refractivity contribution in [3.8, 4) is 0 Å². The van der Waals surface area contributed by atoms with Gasteiger partial charge in [0, 0.05) is 18.5 Å². The molecule has 0 atom stereocenters. The van der Waals surface area contributed by atoms with Gasteiger partial charge in [0.15, 0.2) is 0 Å². The van der Waals surface area contributed by atoms with Crippen LogP contribution in [0.2, 0.25) is 0 Å². The molecule has 0 saturated heterocycles. The second-order valence-corrected chi connectivity index (χ2v) is 4.43. The lowest BCUT2D eigenvalue weighted by Gasteiger charge is -2.04. The summed E-state index contributed by atoms with van der Waals surface area (Å²) in [6, 6.07) is 8.87. The molecule has 1 amide bonds. The van der Waals surface area contributed by atoms with Crippen LogP contribution in [-0.2, 0) is 0 Å². The molecule has 2 rings (SSSR count). The number of aryl methyl sites for hydroxylation is 2. The highest BCUT2D eigenvalue weighted by Crippen LogP contribution is 2.00. The zero-order chi connectivity index (χ0) is 14.5. The third kappa shape index (κ3) is 3.28. The van der Waals surface area contributed by atoms with E-state index in [0.29, 0.717) is 5.56 Å². The topological polar surface area (TPSA) is 76.9 Å². The molecule has 104 valence electrons. The van der Waals surface area contributed by atoms with Gasteiger partial charge in [-0.2, -0.15) is 10.2 Å². The summed E-state index contributed by atoms with van der Waals surface area (Å²) >= 11 is 0. The van der Waals surface area contributed by atoms with Crippen LogP contribution in [0.4, 0.5) is 0 Å². The molecule has 0 saturated carbocycles. The Hall–Kier alpha value is -2.50. The van der Waals surface area contributed by atoms with E-state index in [1.54, 1.807) is 38.1 Å². The molecular weight excluding hydrogens is 256 g/mol. The average molecular weight is 272 g/mol. The van der Waals surface area contributed by atoms with E-state index < -0.39 is 0 Å². The molecule has 0 spiro atoms. The highest BCUT2D eigenvalue weighted by atomic mass is 16.2. The smallest absolute Gasteiger partial charge is 0.266 e. The maximum absolute atomic E-state index is 11.8. The van der Waals surface area contributed by atoms with Crippen LogP contribution < -0.4 is 5.32 Å². The Morgan fingerprint density at radius 2 is 1.70 bits per heavy atom. The van der Waals surface area contributed by atoms with E-state index >= 15 is 0 Å². The number of hydrogen-bond donors (Lipinski definition) is 1.